The molecule has 0 bridgehead atoms. The van der Waals surface area contributed by atoms with Crippen LogP contribution in [0.2, 0.25) is 0 Å². The zero-order chi connectivity index (χ0) is 17.2. The van der Waals surface area contributed by atoms with Crippen LogP contribution in [-0.2, 0) is 16.4 Å². The molecule has 6 nitrogen and oxygen atoms in total. The maximum atomic E-state index is 12.4. The van der Waals surface area contributed by atoms with Gasteiger partial charge in [-0.2, -0.15) is 0 Å². The highest BCUT2D eigenvalue weighted by molar-refractivity contribution is 7.92. The van der Waals surface area contributed by atoms with Gasteiger partial charge in [-0.1, -0.05) is 18.2 Å². The van der Waals surface area contributed by atoms with Gasteiger partial charge in [0.1, 0.15) is 11.3 Å². The minimum absolute atomic E-state index is 0.0380. The minimum Gasteiger partial charge on any atom is -0.497 e. The van der Waals surface area contributed by atoms with E-state index in [0.717, 1.165) is 5.56 Å². The highest BCUT2D eigenvalue weighted by Gasteiger charge is 2.15. The standard InChI is InChI=1S/C17H18N2O4S/c1-12-18-15-7-4-8-16(17(15)23-12)19-24(20,21)10-9-13-5-3-6-14(11-13)22-2/h3-8,11,19H,9-10H2,1-2H3. The number of oxazole rings is 1. The molecule has 0 saturated carbocycles. The Labute approximate surface area is 140 Å². The number of ether oxygens (including phenoxy) is 1. The zero-order valence-electron chi connectivity index (χ0n) is 13.4. The number of aryl methyl sites for hydroxylation is 2. The van der Waals surface area contributed by atoms with Crippen molar-refractivity contribution in [1.82, 2.24) is 4.98 Å². The van der Waals surface area contributed by atoms with Gasteiger partial charge in [-0.05, 0) is 36.2 Å². The molecule has 0 spiro atoms. The van der Waals surface area contributed by atoms with E-state index in [4.69, 9.17) is 9.15 Å². The summed E-state index contributed by atoms with van der Waals surface area (Å²) in [5.74, 6) is 1.16. The number of aromatic nitrogens is 1. The second-order valence-corrected chi connectivity index (χ2v) is 7.25. The van der Waals surface area contributed by atoms with Crippen LogP contribution in [0.25, 0.3) is 11.1 Å². The van der Waals surface area contributed by atoms with Crippen LogP contribution in [0.15, 0.2) is 46.9 Å². The molecule has 0 fully saturated rings. The molecule has 0 aliphatic carbocycles. The third-order valence-electron chi connectivity index (χ3n) is 3.58. The first-order valence-electron chi connectivity index (χ1n) is 7.46. The number of sulfonamides is 1. The van der Waals surface area contributed by atoms with Gasteiger partial charge in [0.05, 0.1) is 18.6 Å². The summed E-state index contributed by atoms with van der Waals surface area (Å²) in [5, 5.41) is 0. The molecule has 3 rings (SSSR count). The molecule has 1 heterocycles. The van der Waals surface area contributed by atoms with E-state index < -0.39 is 10.0 Å². The molecule has 0 unspecified atom stereocenters. The van der Waals surface area contributed by atoms with Gasteiger partial charge in [0.2, 0.25) is 10.0 Å². The second kappa shape index (κ2) is 6.52. The Balaban J connectivity index is 1.75. The molecule has 0 radical (unpaired) electrons. The fraction of sp³-hybridized carbons (Fsp3) is 0.235. The van der Waals surface area contributed by atoms with E-state index in [2.05, 4.69) is 9.71 Å². The van der Waals surface area contributed by atoms with Gasteiger partial charge in [-0.3, -0.25) is 4.72 Å². The Bertz CT molecular complexity index is 964. The van der Waals surface area contributed by atoms with Gasteiger partial charge < -0.3 is 9.15 Å². The van der Waals surface area contributed by atoms with Crippen LogP contribution in [0.4, 0.5) is 5.69 Å². The molecule has 0 aliphatic rings. The average Bonchev–Trinajstić information content (AvgIpc) is 2.94. The van der Waals surface area contributed by atoms with E-state index in [1.807, 2.05) is 24.3 Å². The first kappa shape index (κ1) is 16.3. The highest BCUT2D eigenvalue weighted by Crippen LogP contribution is 2.25. The lowest BCUT2D eigenvalue weighted by atomic mass is 10.2. The lowest BCUT2D eigenvalue weighted by Gasteiger charge is -2.09. The number of nitrogens with zero attached hydrogens (tertiary/aromatic N) is 1. The number of benzene rings is 2. The van der Waals surface area contributed by atoms with Crippen LogP contribution in [0.5, 0.6) is 5.75 Å². The van der Waals surface area contributed by atoms with E-state index in [1.165, 1.54) is 0 Å². The molecule has 1 N–H and O–H groups in total. The molecule has 126 valence electrons. The van der Waals surface area contributed by atoms with E-state index >= 15 is 0 Å². The number of hydrogen-bond donors (Lipinski definition) is 1. The molecule has 0 saturated heterocycles. The summed E-state index contributed by atoms with van der Waals surface area (Å²) in [4.78, 5) is 4.20. The van der Waals surface area contributed by atoms with Gasteiger partial charge in [0.25, 0.3) is 0 Å². The summed E-state index contributed by atoms with van der Waals surface area (Å²) in [5.41, 5.74) is 2.37. The lowest BCUT2D eigenvalue weighted by Crippen LogP contribution is -2.18. The Hall–Kier alpha value is -2.54. The van der Waals surface area contributed by atoms with Crippen molar-refractivity contribution in [2.75, 3.05) is 17.6 Å². The van der Waals surface area contributed by atoms with E-state index in [9.17, 15) is 8.42 Å². The first-order valence-corrected chi connectivity index (χ1v) is 9.12. The van der Waals surface area contributed by atoms with Crippen LogP contribution in [0.1, 0.15) is 11.5 Å². The number of para-hydroxylation sites is 1. The molecule has 0 aliphatic heterocycles. The maximum Gasteiger partial charge on any atom is 0.233 e. The lowest BCUT2D eigenvalue weighted by molar-refractivity contribution is 0.414. The van der Waals surface area contributed by atoms with Crippen molar-refractivity contribution in [1.29, 1.82) is 0 Å². The Kier molecular flexibility index (Phi) is 4.44. The average molecular weight is 346 g/mol. The molecular formula is C17H18N2O4S. The van der Waals surface area contributed by atoms with Crippen molar-refractivity contribution in [3.05, 3.63) is 53.9 Å². The Morgan fingerprint density at radius 3 is 2.79 bits per heavy atom. The fourth-order valence-electron chi connectivity index (χ4n) is 2.44. The summed E-state index contributed by atoms with van der Waals surface area (Å²) in [6.45, 7) is 1.72. The van der Waals surface area contributed by atoms with E-state index in [-0.39, 0.29) is 5.75 Å². The number of fused-ring (bicyclic) bond motifs is 1. The van der Waals surface area contributed by atoms with Crippen molar-refractivity contribution in [2.24, 2.45) is 0 Å². The topological polar surface area (TPSA) is 81.4 Å². The Morgan fingerprint density at radius 2 is 2.00 bits per heavy atom. The summed E-state index contributed by atoms with van der Waals surface area (Å²) in [6.07, 6.45) is 0.387. The fourth-order valence-corrected chi connectivity index (χ4v) is 3.54. The third kappa shape index (κ3) is 3.68. The molecule has 3 aromatic rings. The monoisotopic (exact) mass is 346 g/mol. The number of nitrogens with one attached hydrogen (secondary N) is 1. The van der Waals surface area contributed by atoms with Crippen molar-refractivity contribution in [3.63, 3.8) is 0 Å². The van der Waals surface area contributed by atoms with Crippen LogP contribution < -0.4 is 9.46 Å². The molecular weight excluding hydrogens is 328 g/mol. The summed E-state index contributed by atoms with van der Waals surface area (Å²) < 4.78 is 38.0. The zero-order valence-corrected chi connectivity index (χ0v) is 14.3. The molecule has 1 aromatic heterocycles. The molecule has 0 amide bonds. The van der Waals surface area contributed by atoms with Gasteiger partial charge >= 0.3 is 0 Å². The van der Waals surface area contributed by atoms with Crippen LogP contribution in [0, 0.1) is 6.92 Å². The molecule has 0 atom stereocenters. The highest BCUT2D eigenvalue weighted by atomic mass is 32.2. The summed E-state index contributed by atoms with van der Waals surface area (Å²) in [6, 6.07) is 12.5. The van der Waals surface area contributed by atoms with Gasteiger partial charge in [0, 0.05) is 6.92 Å². The number of hydrogen-bond acceptors (Lipinski definition) is 5. The molecule has 2 aromatic carbocycles. The number of methoxy groups -OCH3 is 1. The summed E-state index contributed by atoms with van der Waals surface area (Å²) in [7, 11) is -1.93. The van der Waals surface area contributed by atoms with Crippen molar-refractivity contribution in [3.8, 4) is 5.75 Å². The Morgan fingerprint density at radius 1 is 1.21 bits per heavy atom. The van der Waals surface area contributed by atoms with E-state index in [1.54, 1.807) is 32.2 Å². The summed E-state index contributed by atoms with van der Waals surface area (Å²) >= 11 is 0. The molecule has 7 heteroatoms. The molecule has 24 heavy (non-hydrogen) atoms. The smallest absolute Gasteiger partial charge is 0.233 e. The third-order valence-corrected chi connectivity index (χ3v) is 4.85. The predicted molar refractivity (Wildman–Crippen MR) is 92.9 cm³/mol. The van der Waals surface area contributed by atoms with Crippen molar-refractivity contribution < 1.29 is 17.6 Å². The van der Waals surface area contributed by atoms with Gasteiger partial charge in [-0.25, -0.2) is 13.4 Å². The van der Waals surface area contributed by atoms with Crippen molar-refractivity contribution >= 4 is 26.8 Å². The predicted octanol–water partition coefficient (Wildman–Crippen LogP) is 3.13. The maximum absolute atomic E-state index is 12.4. The van der Waals surface area contributed by atoms with Crippen molar-refractivity contribution in [2.45, 2.75) is 13.3 Å². The van der Waals surface area contributed by atoms with Crippen LogP contribution in [0.3, 0.4) is 0 Å². The van der Waals surface area contributed by atoms with Gasteiger partial charge in [0.15, 0.2) is 11.5 Å². The minimum atomic E-state index is -3.51. The second-order valence-electron chi connectivity index (χ2n) is 5.41. The number of rotatable bonds is 6. The van der Waals surface area contributed by atoms with Crippen LogP contribution in [-0.4, -0.2) is 26.3 Å². The normalized spacial score (nSPS) is 11.6. The quantitative estimate of drug-likeness (QED) is 0.741. The largest absolute Gasteiger partial charge is 0.497 e. The van der Waals surface area contributed by atoms with Crippen LogP contribution >= 0.6 is 0 Å². The number of anilines is 1. The van der Waals surface area contributed by atoms with E-state index in [0.29, 0.717) is 34.8 Å². The first-order chi connectivity index (χ1) is 11.5. The SMILES string of the molecule is COc1cccc(CCS(=O)(=O)Nc2cccc3nc(C)oc23)c1. The van der Waals surface area contributed by atoms with Gasteiger partial charge in [-0.15, -0.1) is 0 Å².